The van der Waals surface area contributed by atoms with Crippen LogP contribution < -0.4 is 57.4 Å². The second-order valence-electron chi connectivity index (χ2n) is 14.5. The molecule has 0 fully saturated rings. The van der Waals surface area contributed by atoms with Crippen LogP contribution >= 0.6 is 31.9 Å². The molecule has 0 saturated heterocycles. The third-order valence-corrected chi connectivity index (χ3v) is 10.7. The molecule has 0 aliphatic carbocycles. The van der Waals surface area contributed by atoms with E-state index in [4.69, 9.17) is 25.2 Å². The number of hydrogen-bond acceptors (Lipinski definition) is 16. The van der Waals surface area contributed by atoms with Gasteiger partial charge >= 0.3 is 35.3 Å². The van der Waals surface area contributed by atoms with Gasteiger partial charge in [0.2, 0.25) is 17.6 Å². The summed E-state index contributed by atoms with van der Waals surface area (Å²) in [6.07, 6.45) is 2.42. The van der Waals surface area contributed by atoms with Gasteiger partial charge in [-0.1, -0.05) is 87.4 Å². The first-order chi connectivity index (χ1) is 32.9. The summed E-state index contributed by atoms with van der Waals surface area (Å²) >= 11 is 6.23. The number of nitrogens with two attached hydrogens (primary N) is 2. The Morgan fingerprint density at radius 1 is 0.686 bits per heavy atom. The molecule has 0 unspecified atom stereocenters. The number of oxime groups is 1. The first kappa shape index (κ1) is 55.8. The van der Waals surface area contributed by atoms with Gasteiger partial charge in [-0.15, -0.1) is 0 Å². The van der Waals surface area contributed by atoms with Crippen molar-refractivity contribution in [3.05, 3.63) is 162 Å². The molecule has 0 saturated carbocycles. The normalized spacial score (nSPS) is 11.5. The zero-order chi connectivity index (χ0) is 48.4. The molecule has 360 valence electrons. The Bertz CT molecular complexity index is 2970. The van der Waals surface area contributed by atoms with Crippen molar-refractivity contribution >= 4 is 61.3 Å². The smallest absolute Gasteiger partial charge is 0.870 e. The van der Waals surface area contributed by atoms with Crippen molar-refractivity contribution in [3.63, 3.8) is 0 Å². The van der Waals surface area contributed by atoms with Gasteiger partial charge < -0.3 is 22.2 Å². The van der Waals surface area contributed by atoms with Crippen molar-refractivity contribution in [2.75, 3.05) is 13.1 Å². The third kappa shape index (κ3) is 16.4. The van der Waals surface area contributed by atoms with E-state index >= 15 is 0 Å². The van der Waals surface area contributed by atoms with E-state index in [2.05, 4.69) is 83.4 Å². The van der Waals surface area contributed by atoms with Crippen LogP contribution in [-0.4, -0.2) is 83.6 Å². The van der Waals surface area contributed by atoms with Gasteiger partial charge in [0.1, 0.15) is 28.7 Å². The van der Waals surface area contributed by atoms with Crippen LogP contribution in [0.5, 0.6) is 0 Å². The van der Waals surface area contributed by atoms with E-state index in [1.165, 1.54) is 24.3 Å². The van der Waals surface area contributed by atoms with Crippen LogP contribution in [0, 0.1) is 11.6 Å². The molecule has 2 amide bonds. The van der Waals surface area contributed by atoms with Gasteiger partial charge in [-0.25, -0.2) is 27.4 Å². The number of aryl methyl sites for hydroxylation is 2. The fourth-order valence-electron chi connectivity index (χ4n) is 6.30. The number of aromatic nitrogens is 6. The van der Waals surface area contributed by atoms with Crippen LogP contribution in [0.3, 0.4) is 0 Å². The maximum atomic E-state index is 13.6. The molecule has 0 bridgehead atoms. The maximum absolute atomic E-state index is 13.6. The van der Waals surface area contributed by atoms with E-state index in [9.17, 15) is 28.4 Å². The zero-order valence-corrected chi connectivity index (χ0v) is 42.3. The van der Waals surface area contributed by atoms with Crippen molar-refractivity contribution < 1.29 is 72.4 Å². The van der Waals surface area contributed by atoms with Crippen molar-refractivity contribution in [2.45, 2.75) is 44.9 Å². The topological polar surface area (TPSA) is 323 Å². The van der Waals surface area contributed by atoms with E-state index in [1.807, 2.05) is 60.7 Å². The Labute approximate surface area is 435 Å². The Kier molecular flexibility index (Phi) is 22.4. The third-order valence-electron chi connectivity index (χ3n) is 9.50. The van der Waals surface area contributed by atoms with Crippen molar-refractivity contribution in [2.24, 2.45) is 26.6 Å². The quantitative estimate of drug-likeness (QED) is 0.0218. The molecule has 7 aromatic rings. The number of aliphatic imine (C=N–C) groups is 2. The number of hydrogen-bond donors (Lipinski definition) is 5. The Hall–Kier alpha value is -6.77. The molecule has 26 heteroatoms. The van der Waals surface area contributed by atoms with E-state index in [1.54, 1.807) is 12.1 Å². The zero-order valence-electron chi connectivity index (χ0n) is 37.1. The molecule has 7 rings (SSSR count). The number of amides is 2. The first-order valence-electron chi connectivity index (χ1n) is 20.5. The summed E-state index contributed by atoms with van der Waals surface area (Å²) in [5.74, 6) is -2.07. The molecule has 0 aliphatic rings. The fourth-order valence-corrected chi connectivity index (χ4v) is 7.09. The number of rotatable bonds is 17. The number of carbonyl (C=O) groups is 2. The molecule has 0 radical (unpaired) electrons. The van der Waals surface area contributed by atoms with Gasteiger partial charge in [-0.3, -0.25) is 34.7 Å². The largest absolute Gasteiger partial charge is 1.00 e. The summed E-state index contributed by atoms with van der Waals surface area (Å²) in [7, 11) is 0. The van der Waals surface area contributed by atoms with Gasteiger partial charge in [-0.2, -0.15) is 0 Å². The number of halogens is 4. The average molecular weight is 1100 g/mol. The molecule has 0 atom stereocenters. The summed E-state index contributed by atoms with van der Waals surface area (Å²) in [5, 5.41) is 37.1. The minimum atomic E-state index is -0.781. The summed E-state index contributed by atoms with van der Waals surface area (Å²) in [6.45, 7) is 0.626. The molecule has 0 aliphatic heterocycles. The number of nitrogens with one attached hydrogen (secondary N) is 2. The average Bonchev–Trinajstić information content (AvgIpc) is 4.09. The fraction of sp³-hybridized carbons (Fsp3) is 0.205. The Balaban J connectivity index is 0.000000297. The minimum Gasteiger partial charge on any atom is -0.870 e. The molecule has 4 aromatic carbocycles. The van der Waals surface area contributed by atoms with Crippen molar-refractivity contribution in [1.82, 2.24) is 41.0 Å². The molecule has 8 N–H and O–H groups in total. The van der Waals surface area contributed by atoms with Crippen molar-refractivity contribution in [3.8, 4) is 17.2 Å². The summed E-state index contributed by atoms with van der Waals surface area (Å²) in [4.78, 5) is 44.6. The minimum absolute atomic E-state index is 0. The van der Waals surface area contributed by atoms with Gasteiger partial charge in [0.15, 0.2) is 23.3 Å². The molecule has 70 heavy (non-hydrogen) atoms. The van der Waals surface area contributed by atoms with Gasteiger partial charge in [-0.05, 0) is 115 Å². The number of carbonyl (C=O) groups excluding carboxylic acids is 2. The second kappa shape index (κ2) is 28.0. The Morgan fingerprint density at radius 2 is 1.21 bits per heavy atom. The maximum Gasteiger partial charge on any atom is 1.00 e. The summed E-state index contributed by atoms with van der Waals surface area (Å²) < 4.78 is 43.1. The predicted molar refractivity (Wildman–Crippen MR) is 252 cm³/mol. The molecular weight excluding hydrogens is 1060 g/mol. The molecule has 3 aromatic heterocycles. The molecule has 21 nitrogen and oxygen atoms in total. The van der Waals surface area contributed by atoms with E-state index in [-0.39, 0.29) is 106 Å². The van der Waals surface area contributed by atoms with Crippen LogP contribution in [0.1, 0.15) is 46.6 Å². The predicted octanol–water partition coefficient (Wildman–Crippen LogP) is 2.21. The molecular formula is C44H42Br2F2N13NaO8. The van der Waals surface area contributed by atoms with Crippen molar-refractivity contribution in [1.29, 1.82) is 0 Å². The molecule has 0 spiro atoms. The van der Waals surface area contributed by atoms with Crippen LogP contribution in [0.25, 0.3) is 17.2 Å². The van der Waals surface area contributed by atoms with Crippen LogP contribution in [0.4, 0.5) is 8.78 Å². The summed E-state index contributed by atoms with van der Waals surface area (Å²) in [6, 6.07) is 27.1. The number of nitrogens with zero attached hydrogens (tertiary/aromatic N) is 9. The van der Waals surface area contributed by atoms with Gasteiger partial charge in [0.05, 0.1) is 27.5 Å². The van der Waals surface area contributed by atoms with Crippen LogP contribution in [0.15, 0.2) is 140 Å². The standard InChI is InChI=1S/C22H19BrFN7O4.C22H22BrFN6O3.Na.H2O/c23-15-12-14(8-9-16(15)24)31-20(30-34-22(31)33)19-17(28-35-29-19)7-4-10-26-21(25)27-18(32)11-13-5-2-1-3-6-13;23-16-11-15(8-9-17(16)24)12-19(28-32)21-18(29-33-30-21)7-4-10-26-22(25)27-20(31)13-14-5-2-1-3-6-14;;/h1-3,5-6,8-9,12H,4,7,10-11H2,(H3,25,26,27,32);1-3,5-6,8-9,11,32H,4,7,10,12-13H2,(H3,25,26,27,31);;1H2/q;;+1;/p-1/b;28-19+;;. The van der Waals surface area contributed by atoms with E-state index in [0.717, 1.165) is 15.7 Å². The Morgan fingerprint density at radius 3 is 1.77 bits per heavy atom. The second-order valence-corrected chi connectivity index (χ2v) is 16.2. The monoisotopic (exact) mass is 1100 g/mol. The molecule has 3 heterocycles. The summed E-state index contributed by atoms with van der Waals surface area (Å²) in [5.41, 5.74) is 16.0. The SMILES string of the molecule is NC(=NCCCc1nonc1-c1noc(=O)n1-c1ccc(F)c(Br)c1)NC(=O)Cc1ccccc1.NC(=NCCCc1nonc1/C(Cc1ccc(F)c(Br)c1)=N/O)NC(=O)Cc1ccccc1.[Na+].[OH-]. The van der Waals surface area contributed by atoms with Crippen LogP contribution in [-0.2, 0) is 41.7 Å². The van der Waals surface area contributed by atoms with Crippen LogP contribution in [0.2, 0.25) is 0 Å². The first-order valence-corrected chi connectivity index (χ1v) is 22.1. The number of guanidine groups is 2. The van der Waals surface area contributed by atoms with Gasteiger partial charge in [0.25, 0.3) is 0 Å². The van der Waals surface area contributed by atoms with E-state index < -0.39 is 11.6 Å². The van der Waals surface area contributed by atoms with E-state index in [0.29, 0.717) is 71.6 Å². The number of benzene rings is 4. The van der Waals surface area contributed by atoms with Gasteiger partial charge in [0, 0.05) is 19.5 Å².